The van der Waals surface area contributed by atoms with Gasteiger partial charge in [0, 0.05) is 24.2 Å². The van der Waals surface area contributed by atoms with Crippen molar-refractivity contribution in [3.05, 3.63) is 0 Å². The zero-order valence-electron chi connectivity index (χ0n) is 18.5. The van der Waals surface area contributed by atoms with E-state index in [1.165, 1.54) is 6.92 Å². The van der Waals surface area contributed by atoms with E-state index in [1.807, 2.05) is 0 Å². The van der Waals surface area contributed by atoms with E-state index >= 15 is 0 Å². The molecule has 1 N–H and O–H groups in total. The first-order valence-corrected chi connectivity index (χ1v) is 11.6. The van der Waals surface area contributed by atoms with E-state index in [0.29, 0.717) is 17.8 Å². The highest BCUT2D eigenvalue weighted by atomic mass is 16.6. The molecule has 5 nitrogen and oxygen atoms in total. The minimum atomic E-state index is -1.20. The third-order valence-electron chi connectivity index (χ3n) is 10.5. The van der Waals surface area contributed by atoms with Gasteiger partial charge in [0.1, 0.15) is 17.3 Å². The molecule has 0 aromatic rings. The molecule has 5 rings (SSSR count). The maximum atomic E-state index is 12.6. The van der Waals surface area contributed by atoms with Crippen LogP contribution in [-0.2, 0) is 19.1 Å². The maximum Gasteiger partial charge on any atom is 0.302 e. The van der Waals surface area contributed by atoms with Crippen molar-refractivity contribution in [2.45, 2.75) is 103 Å². The van der Waals surface area contributed by atoms with Crippen LogP contribution in [0.25, 0.3) is 0 Å². The number of carbonyl (C=O) groups is 2. The lowest BCUT2D eigenvalue weighted by molar-refractivity contribution is -0.174. The van der Waals surface area contributed by atoms with Gasteiger partial charge in [-0.05, 0) is 69.1 Å². The molecule has 0 radical (unpaired) electrons. The van der Waals surface area contributed by atoms with Crippen LogP contribution in [-0.4, -0.2) is 40.3 Å². The minimum Gasteiger partial charge on any atom is -0.462 e. The Hall–Kier alpha value is -0.940. The molecule has 1 saturated heterocycles. The molecular formula is C24H36O5. The van der Waals surface area contributed by atoms with Crippen molar-refractivity contribution >= 4 is 11.8 Å². The molecule has 10 atom stereocenters. The van der Waals surface area contributed by atoms with Crippen LogP contribution in [0.3, 0.4) is 0 Å². The van der Waals surface area contributed by atoms with Crippen LogP contribution in [0.5, 0.6) is 0 Å². The smallest absolute Gasteiger partial charge is 0.302 e. The number of rotatable bonds is 2. The lowest BCUT2D eigenvalue weighted by Crippen LogP contribution is -2.61. The maximum absolute atomic E-state index is 12.6. The van der Waals surface area contributed by atoms with Crippen LogP contribution in [0, 0.1) is 34.5 Å². The van der Waals surface area contributed by atoms with Crippen LogP contribution in [0.2, 0.25) is 0 Å². The summed E-state index contributed by atoms with van der Waals surface area (Å²) in [7, 11) is 0. The normalized spacial score (nSPS) is 57.7. The Kier molecular flexibility index (Phi) is 4.03. The Morgan fingerprint density at radius 2 is 1.72 bits per heavy atom. The predicted octanol–water partition coefficient (Wildman–Crippen LogP) is 3.66. The summed E-state index contributed by atoms with van der Waals surface area (Å²) in [5.74, 6) is 1.18. The number of esters is 1. The molecule has 1 aliphatic heterocycles. The second-order valence-electron chi connectivity index (χ2n) is 11.4. The molecule has 4 saturated carbocycles. The van der Waals surface area contributed by atoms with E-state index in [1.54, 1.807) is 6.92 Å². The number of fused-ring (bicyclic) bond motifs is 4. The average Bonchev–Trinajstić information content (AvgIpc) is 3.29. The lowest BCUT2D eigenvalue weighted by atomic mass is 9.44. The minimum absolute atomic E-state index is 0.00747. The van der Waals surface area contributed by atoms with E-state index in [0.717, 1.165) is 44.9 Å². The van der Waals surface area contributed by atoms with Crippen molar-refractivity contribution in [1.82, 2.24) is 0 Å². The molecule has 4 aliphatic carbocycles. The predicted molar refractivity (Wildman–Crippen MR) is 107 cm³/mol. The average molecular weight is 405 g/mol. The van der Waals surface area contributed by atoms with Gasteiger partial charge in [-0.3, -0.25) is 9.59 Å². The summed E-state index contributed by atoms with van der Waals surface area (Å²) >= 11 is 0. The fourth-order valence-corrected chi connectivity index (χ4v) is 9.07. The van der Waals surface area contributed by atoms with Crippen LogP contribution >= 0.6 is 0 Å². The quantitative estimate of drug-likeness (QED) is 0.561. The van der Waals surface area contributed by atoms with Gasteiger partial charge in [0.15, 0.2) is 5.78 Å². The number of carbonyl (C=O) groups excluding carboxylic acids is 2. The summed E-state index contributed by atoms with van der Waals surface area (Å²) in [6.07, 6.45) is 6.88. The summed E-state index contributed by atoms with van der Waals surface area (Å²) in [4.78, 5) is 24.1. The molecule has 0 amide bonds. The van der Waals surface area contributed by atoms with Crippen LogP contribution in [0.1, 0.15) is 79.6 Å². The van der Waals surface area contributed by atoms with Crippen LogP contribution in [0.15, 0.2) is 0 Å². The summed E-state index contributed by atoms with van der Waals surface area (Å²) < 4.78 is 12.0. The second kappa shape index (κ2) is 5.85. The molecule has 162 valence electrons. The van der Waals surface area contributed by atoms with Crippen molar-refractivity contribution in [2.24, 2.45) is 34.5 Å². The first-order chi connectivity index (χ1) is 13.5. The van der Waals surface area contributed by atoms with E-state index in [4.69, 9.17) is 9.47 Å². The number of epoxide rings is 1. The van der Waals surface area contributed by atoms with Crippen molar-refractivity contribution < 1.29 is 24.2 Å². The number of hydrogen-bond donors (Lipinski definition) is 1. The zero-order valence-corrected chi connectivity index (χ0v) is 18.5. The van der Waals surface area contributed by atoms with Crippen LogP contribution in [0.4, 0.5) is 0 Å². The Morgan fingerprint density at radius 3 is 2.38 bits per heavy atom. The highest BCUT2D eigenvalue weighted by Gasteiger charge is 2.78. The largest absolute Gasteiger partial charge is 0.462 e. The Morgan fingerprint density at radius 1 is 1.03 bits per heavy atom. The lowest BCUT2D eigenvalue weighted by Gasteiger charge is -2.60. The van der Waals surface area contributed by atoms with Gasteiger partial charge in [0.25, 0.3) is 0 Å². The number of hydrogen-bond acceptors (Lipinski definition) is 5. The van der Waals surface area contributed by atoms with E-state index in [2.05, 4.69) is 20.8 Å². The standard InChI is InChI=1S/C24H36O5/c1-13-10-19-17-11-20-23(29-20)12-16(28-15(3)26)6-8-21(23,4)18(17)7-9-22(19,5)24(13,27)14(2)25/h13,16-20,27H,6-12H2,1-5H3/t13-,16+,17-,18+,19+,20+,21-,22+,23+,24+/m1/s1. The third-order valence-corrected chi connectivity index (χ3v) is 10.5. The molecule has 1 heterocycles. The van der Waals surface area contributed by atoms with Crippen molar-refractivity contribution in [3.63, 3.8) is 0 Å². The van der Waals surface area contributed by atoms with Crippen molar-refractivity contribution in [3.8, 4) is 0 Å². The molecule has 0 unspecified atom stereocenters. The first kappa shape index (κ1) is 20.0. The fourth-order valence-electron chi connectivity index (χ4n) is 9.07. The number of ketones is 1. The topological polar surface area (TPSA) is 76.1 Å². The highest BCUT2D eigenvalue weighted by Crippen LogP contribution is 2.75. The van der Waals surface area contributed by atoms with Gasteiger partial charge in [0.2, 0.25) is 0 Å². The fraction of sp³-hybridized carbons (Fsp3) is 0.917. The molecule has 5 fully saturated rings. The number of Topliss-reactive ketones (excluding diaryl/α,β-unsaturated/α-hetero) is 1. The first-order valence-electron chi connectivity index (χ1n) is 11.6. The molecule has 5 aliphatic rings. The third kappa shape index (κ3) is 2.24. The second-order valence-corrected chi connectivity index (χ2v) is 11.4. The zero-order chi connectivity index (χ0) is 21.0. The van der Waals surface area contributed by atoms with Gasteiger partial charge in [-0.2, -0.15) is 0 Å². The molecule has 0 aromatic heterocycles. The van der Waals surface area contributed by atoms with Crippen molar-refractivity contribution in [2.75, 3.05) is 0 Å². The van der Waals surface area contributed by atoms with E-state index in [9.17, 15) is 14.7 Å². The Balaban J connectivity index is 1.46. The summed E-state index contributed by atoms with van der Waals surface area (Å²) in [5, 5.41) is 11.5. The van der Waals surface area contributed by atoms with Gasteiger partial charge >= 0.3 is 5.97 Å². The summed E-state index contributed by atoms with van der Waals surface area (Å²) in [5.41, 5.74) is -1.57. The monoisotopic (exact) mass is 404 g/mol. The molecule has 0 bridgehead atoms. The summed E-state index contributed by atoms with van der Waals surface area (Å²) in [6.45, 7) is 9.71. The van der Waals surface area contributed by atoms with Gasteiger partial charge in [0.05, 0.1) is 6.10 Å². The van der Waals surface area contributed by atoms with Gasteiger partial charge in [-0.1, -0.05) is 20.8 Å². The SMILES string of the molecule is CC(=O)O[C@H]1CC[C@]2(C)[C@H]3CC[C@@]4(C)[C@@H](C[C@@H](C)[C@]4(O)C(C)=O)[C@@H]3C[C@@H]3O[C@@]32C1. The van der Waals surface area contributed by atoms with Gasteiger partial charge in [-0.25, -0.2) is 0 Å². The van der Waals surface area contributed by atoms with Gasteiger partial charge < -0.3 is 14.6 Å². The van der Waals surface area contributed by atoms with E-state index in [-0.39, 0.29) is 46.3 Å². The highest BCUT2D eigenvalue weighted by molar-refractivity contribution is 5.86. The molecule has 5 heteroatoms. The Bertz CT molecular complexity index is 764. The summed E-state index contributed by atoms with van der Waals surface area (Å²) in [6, 6.07) is 0. The molecule has 29 heavy (non-hydrogen) atoms. The number of aliphatic hydroxyl groups is 1. The Labute approximate surface area is 173 Å². The van der Waals surface area contributed by atoms with Crippen LogP contribution < -0.4 is 0 Å². The number of ether oxygens (including phenoxy) is 2. The van der Waals surface area contributed by atoms with Gasteiger partial charge in [-0.15, -0.1) is 0 Å². The van der Waals surface area contributed by atoms with E-state index < -0.39 is 5.60 Å². The molecule has 0 aromatic carbocycles. The molecular weight excluding hydrogens is 368 g/mol. The molecule has 1 spiro atoms. The van der Waals surface area contributed by atoms with Crippen molar-refractivity contribution in [1.29, 1.82) is 0 Å².